The van der Waals surface area contributed by atoms with Crippen molar-refractivity contribution in [3.05, 3.63) is 69.7 Å². The molecule has 18 heavy (non-hydrogen) atoms. The number of benzene rings is 2. The van der Waals surface area contributed by atoms with Crippen LogP contribution in [0.15, 0.2) is 48.5 Å². The Hall–Kier alpha value is -0.473. The second-order valence-corrected chi connectivity index (χ2v) is 7.91. The summed E-state index contributed by atoms with van der Waals surface area (Å²) < 4.78 is 0. The van der Waals surface area contributed by atoms with Crippen molar-refractivity contribution in [3.63, 3.8) is 0 Å². The highest BCUT2D eigenvalue weighted by Crippen LogP contribution is 2.26. The highest BCUT2D eigenvalue weighted by atomic mass is 35.5. The molecule has 0 fully saturated rings. The van der Waals surface area contributed by atoms with E-state index in [1.807, 2.05) is 24.3 Å². The molecule has 0 atom stereocenters. The van der Waals surface area contributed by atoms with Gasteiger partial charge in [-0.3, -0.25) is 0 Å². The zero-order valence-corrected chi connectivity index (χ0v) is 13.4. The first-order chi connectivity index (χ1) is 8.70. The van der Waals surface area contributed by atoms with Crippen LogP contribution in [-0.2, 0) is 0 Å². The molecule has 0 unspecified atom stereocenters. The first kappa shape index (κ1) is 13.9. The maximum atomic E-state index is 5.97. The first-order valence-corrected chi connectivity index (χ1v) is 8.88. The minimum Gasteiger partial charge on any atom is -0.131 e. The van der Waals surface area contributed by atoms with Gasteiger partial charge in [0.25, 0.3) is 0 Å². The van der Waals surface area contributed by atoms with Gasteiger partial charge >= 0.3 is 0 Å². The van der Waals surface area contributed by atoms with E-state index in [2.05, 4.69) is 24.3 Å². The molecule has 0 bridgehead atoms. The van der Waals surface area contributed by atoms with Crippen LogP contribution < -0.4 is 0 Å². The largest absolute Gasteiger partial charge is 0.131 e. The Balaban J connectivity index is 2.33. The normalized spacial score (nSPS) is 11.6. The quantitative estimate of drug-likeness (QED) is 0.578. The Bertz CT molecular complexity index is 448. The van der Waals surface area contributed by atoms with Gasteiger partial charge in [-0.25, -0.2) is 0 Å². The lowest BCUT2D eigenvalue weighted by Crippen LogP contribution is -2.11. The summed E-state index contributed by atoms with van der Waals surface area (Å²) in [6.07, 6.45) is 0. The van der Waals surface area contributed by atoms with Gasteiger partial charge in [0.15, 0.2) is 0 Å². The van der Waals surface area contributed by atoms with E-state index in [0.29, 0.717) is 5.54 Å². The van der Waals surface area contributed by atoms with Crippen molar-refractivity contribution in [2.45, 2.75) is 5.54 Å². The molecule has 0 saturated carbocycles. The van der Waals surface area contributed by atoms with Crippen molar-refractivity contribution in [1.29, 1.82) is 0 Å². The lowest BCUT2D eigenvalue weighted by molar-refractivity contribution is 1.12. The van der Waals surface area contributed by atoms with E-state index in [1.165, 1.54) is 11.1 Å². The molecule has 2 rings (SSSR count). The molecule has 0 N–H and O–H groups in total. The van der Waals surface area contributed by atoms with E-state index in [0.717, 1.165) is 15.5 Å². The van der Waals surface area contributed by atoms with E-state index < -0.39 is 9.52 Å². The average Bonchev–Trinajstić information content (AvgIpc) is 2.39. The molecular formula is C14H13Cl3Si. The van der Waals surface area contributed by atoms with Gasteiger partial charge in [0.1, 0.15) is 0 Å². The summed E-state index contributed by atoms with van der Waals surface area (Å²) in [5.41, 5.74) is 3.76. The van der Waals surface area contributed by atoms with Gasteiger partial charge in [-0.1, -0.05) is 47.5 Å². The van der Waals surface area contributed by atoms with Crippen molar-refractivity contribution in [3.8, 4) is 0 Å². The van der Waals surface area contributed by atoms with Crippen LogP contribution >= 0.6 is 34.8 Å². The second-order valence-electron chi connectivity index (χ2n) is 4.13. The van der Waals surface area contributed by atoms with Gasteiger partial charge < -0.3 is 0 Å². The Morgan fingerprint density at radius 3 is 1.50 bits per heavy atom. The Morgan fingerprint density at radius 1 is 0.778 bits per heavy atom. The van der Waals surface area contributed by atoms with E-state index >= 15 is 0 Å². The van der Waals surface area contributed by atoms with Crippen molar-refractivity contribution < 1.29 is 0 Å². The third kappa shape index (κ3) is 3.52. The monoisotopic (exact) mass is 314 g/mol. The second kappa shape index (κ2) is 6.62. The number of hydrogen-bond acceptors (Lipinski definition) is 0. The topological polar surface area (TPSA) is 0 Å². The minimum absolute atomic E-state index is 0.406. The molecule has 0 heterocycles. The van der Waals surface area contributed by atoms with Gasteiger partial charge in [-0.2, -0.15) is 0 Å². The van der Waals surface area contributed by atoms with Crippen molar-refractivity contribution in [2.24, 2.45) is 0 Å². The SMILES string of the molecule is ClC[SiH2]C(c1ccc(Cl)cc1)c1ccc(Cl)cc1. The van der Waals surface area contributed by atoms with Gasteiger partial charge in [0, 0.05) is 15.5 Å². The predicted octanol–water partition coefficient (Wildman–Crippen LogP) is 4.45. The number of halogens is 3. The Morgan fingerprint density at radius 2 is 1.17 bits per heavy atom. The molecule has 0 aliphatic carbocycles. The molecule has 0 saturated heterocycles. The predicted molar refractivity (Wildman–Crippen MR) is 84.0 cm³/mol. The Kier molecular flexibility index (Phi) is 5.13. The molecule has 0 spiro atoms. The van der Waals surface area contributed by atoms with E-state index in [-0.39, 0.29) is 0 Å². The van der Waals surface area contributed by atoms with E-state index in [1.54, 1.807) is 0 Å². The lowest BCUT2D eigenvalue weighted by Gasteiger charge is -2.16. The van der Waals surface area contributed by atoms with Gasteiger partial charge in [0.2, 0.25) is 0 Å². The van der Waals surface area contributed by atoms with Crippen LogP contribution in [0.3, 0.4) is 0 Å². The molecule has 2 aromatic carbocycles. The first-order valence-electron chi connectivity index (χ1n) is 5.77. The fourth-order valence-electron chi connectivity index (χ4n) is 2.03. The summed E-state index contributed by atoms with van der Waals surface area (Å²) in [5.74, 6) is 0. The molecule has 0 radical (unpaired) electrons. The Labute approximate surface area is 125 Å². The molecular weight excluding hydrogens is 303 g/mol. The smallest absolute Gasteiger partial charge is 0.0518 e. The fourth-order valence-corrected chi connectivity index (χ4v) is 4.36. The highest BCUT2D eigenvalue weighted by Gasteiger charge is 2.13. The minimum atomic E-state index is -0.406. The molecule has 0 amide bonds. The van der Waals surface area contributed by atoms with Gasteiger partial charge in [-0.15, -0.1) is 11.6 Å². The van der Waals surface area contributed by atoms with Crippen LogP contribution in [0.5, 0.6) is 0 Å². The molecule has 94 valence electrons. The molecule has 0 aliphatic heterocycles. The van der Waals surface area contributed by atoms with Crippen LogP contribution in [0.4, 0.5) is 0 Å². The van der Waals surface area contributed by atoms with E-state index in [4.69, 9.17) is 34.8 Å². The van der Waals surface area contributed by atoms with Crippen LogP contribution in [0.1, 0.15) is 16.7 Å². The summed E-state index contributed by atoms with van der Waals surface area (Å²) in [6, 6.07) is 16.1. The maximum absolute atomic E-state index is 5.97. The van der Waals surface area contributed by atoms with Crippen LogP contribution in [0.2, 0.25) is 10.0 Å². The fraction of sp³-hybridized carbons (Fsp3) is 0.143. The zero-order valence-electron chi connectivity index (χ0n) is 9.74. The molecule has 4 heteroatoms. The molecule has 0 aliphatic rings. The third-order valence-corrected chi connectivity index (χ3v) is 5.84. The molecule has 2 aromatic rings. The third-order valence-electron chi connectivity index (χ3n) is 2.94. The van der Waals surface area contributed by atoms with Crippen molar-refractivity contribution in [1.82, 2.24) is 0 Å². The summed E-state index contributed by atoms with van der Waals surface area (Å²) >= 11 is 17.8. The number of alkyl halides is 1. The molecule has 0 aromatic heterocycles. The average molecular weight is 316 g/mol. The van der Waals surface area contributed by atoms with Crippen LogP contribution in [0.25, 0.3) is 0 Å². The summed E-state index contributed by atoms with van der Waals surface area (Å²) in [6.45, 7) is 0. The van der Waals surface area contributed by atoms with E-state index in [9.17, 15) is 0 Å². The highest BCUT2D eigenvalue weighted by molar-refractivity contribution is 6.52. The van der Waals surface area contributed by atoms with Crippen LogP contribution in [0, 0.1) is 0 Å². The zero-order chi connectivity index (χ0) is 13.0. The molecule has 0 nitrogen and oxygen atoms in total. The van der Waals surface area contributed by atoms with Gasteiger partial charge in [0.05, 0.1) is 9.52 Å². The summed E-state index contributed by atoms with van der Waals surface area (Å²) in [4.78, 5) is 0. The summed E-state index contributed by atoms with van der Waals surface area (Å²) in [5, 5.41) is 1.53. The number of hydrogen-bond donors (Lipinski definition) is 0. The van der Waals surface area contributed by atoms with Crippen molar-refractivity contribution in [2.75, 3.05) is 5.50 Å². The standard InChI is InChI=1S/C14H13Cl3Si/c15-9-18-14(10-1-5-12(16)6-2-10)11-3-7-13(17)8-4-11/h1-8,14H,9,18H2. The van der Waals surface area contributed by atoms with Crippen LogP contribution in [-0.4, -0.2) is 15.0 Å². The number of rotatable bonds is 4. The van der Waals surface area contributed by atoms with Gasteiger partial charge in [-0.05, 0) is 40.9 Å². The van der Waals surface area contributed by atoms with Crippen molar-refractivity contribution >= 4 is 44.3 Å². The summed E-state index contributed by atoms with van der Waals surface area (Å²) in [7, 11) is -0.406. The lowest BCUT2D eigenvalue weighted by atomic mass is 10.0. The maximum Gasteiger partial charge on any atom is 0.0518 e.